The lowest BCUT2D eigenvalue weighted by Crippen LogP contribution is -2.30. The van der Waals surface area contributed by atoms with E-state index in [2.05, 4.69) is 33.2 Å². The molecule has 2 unspecified atom stereocenters. The molecule has 0 radical (unpaired) electrons. The summed E-state index contributed by atoms with van der Waals surface area (Å²) in [5.74, 6) is 1.58. The van der Waals surface area contributed by atoms with Crippen LogP contribution in [0.5, 0.6) is 0 Å². The van der Waals surface area contributed by atoms with Gasteiger partial charge in [-0.25, -0.2) is 4.98 Å². The van der Waals surface area contributed by atoms with E-state index in [0.717, 1.165) is 6.54 Å². The molecule has 2 atom stereocenters. The number of rotatable bonds is 3. The van der Waals surface area contributed by atoms with Crippen molar-refractivity contribution in [2.45, 2.75) is 26.2 Å². The third-order valence-corrected chi connectivity index (χ3v) is 4.32. The Balaban J connectivity index is 1.97. The zero-order chi connectivity index (χ0) is 13.1. The van der Waals surface area contributed by atoms with Crippen LogP contribution >= 0.6 is 15.9 Å². The van der Waals surface area contributed by atoms with E-state index >= 15 is 0 Å². The van der Waals surface area contributed by atoms with Crippen LogP contribution in [0.3, 0.4) is 0 Å². The third kappa shape index (κ3) is 3.02. The van der Waals surface area contributed by atoms with Crippen molar-refractivity contribution < 1.29 is 4.79 Å². The van der Waals surface area contributed by atoms with Gasteiger partial charge in [0.05, 0.1) is 5.56 Å². The summed E-state index contributed by atoms with van der Waals surface area (Å²) in [6.45, 7) is 3.00. The zero-order valence-electron chi connectivity index (χ0n) is 10.4. The van der Waals surface area contributed by atoms with Crippen LogP contribution in [0.1, 0.15) is 36.5 Å². The number of hydrogen-bond donors (Lipinski definition) is 2. The molecule has 18 heavy (non-hydrogen) atoms. The van der Waals surface area contributed by atoms with Gasteiger partial charge in [0.2, 0.25) is 0 Å². The van der Waals surface area contributed by atoms with Gasteiger partial charge in [-0.2, -0.15) is 0 Å². The Morgan fingerprint density at radius 3 is 3.06 bits per heavy atom. The fraction of sp³-hybridized carbons (Fsp3) is 0.538. The largest absolute Gasteiger partial charge is 0.384 e. The lowest BCUT2D eigenvalue weighted by molar-refractivity contribution is 0.0944. The molecular formula is C13H18BrN3O. The van der Waals surface area contributed by atoms with Gasteiger partial charge < -0.3 is 11.1 Å². The molecule has 98 valence electrons. The number of nitrogens with zero attached hydrogens (tertiary/aromatic N) is 1. The van der Waals surface area contributed by atoms with Crippen molar-refractivity contribution >= 4 is 27.7 Å². The third-order valence-electron chi connectivity index (χ3n) is 3.69. The van der Waals surface area contributed by atoms with Gasteiger partial charge in [-0.05, 0) is 40.3 Å². The number of nitrogens with two attached hydrogens (primary N) is 1. The molecule has 1 aromatic heterocycles. The highest BCUT2D eigenvalue weighted by atomic mass is 79.9. The van der Waals surface area contributed by atoms with Gasteiger partial charge in [-0.3, -0.25) is 4.79 Å². The number of anilines is 1. The quantitative estimate of drug-likeness (QED) is 0.901. The molecule has 1 fully saturated rings. The molecule has 5 heteroatoms. The molecule has 1 saturated carbocycles. The first-order valence-electron chi connectivity index (χ1n) is 6.27. The van der Waals surface area contributed by atoms with Crippen molar-refractivity contribution in [1.82, 2.24) is 10.3 Å². The van der Waals surface area contributed by atoms with Gasteiger partial charge in [-0.15, -0.1) is 0 Å². The average Bonchev–Trinajstić information content (AvgIpc) is 2.75. The molecule has 0 bridgehead atoms. The highest BCUT2D eigenvalue weighted by Gasteiger charge is 2.24. The number of halogens is 1. The SMILES string of the molecule is CC1CCCC1CNC(=O)c1cc(N)ncc1Br. The Morgan fingerprint density at radius 2 is 2.39 bits per heavy atom. The van der Waals surface area contributed by atoms with Crippen LogP contribution in [0.4, 0.5) is 5.82 Å². The molecule has 1 amide bonds. The van der Waals surface area contributed by atoms with Gasteiger partial charge in [-0.1, -0.05) is 19.8 Å². The normalized spacial score (nSPS) is 23.0. The summed E-state index contributed by atoms with van der Waals surface area (Å²) in [5, 5.41) is 2.99. The van der Waals surface area contributed by atoms with Crippen molar-refractivity contribution in [2.75, 3.05) is 12.3 Å². The van der Waals surface area contributed by atoms with E-state index in [0.29, 0.717) is 27.7 Å². The van der Waals surface area contributed by atoms with Gasteiger partial charge in [0, 0.05) is 17.2 Å². The molecule has 0 saturated heterocycles. The average molecular weight is 312 g/mol. The number of carbonyl (C=O) groups is 1. The predicted octanol–water partition coefficient (Wildman–Crippen LogP) is 2.59. The number of nitrogens with one attached hydrogen (secondary N) is 1. The minimum Gasteiger partial charge on any atom is -0.384 e. The lowest BCUT2D eigenvalue weighted by Gasteiger charge is -2.16. The van der Waals surface area contributed by atoms with Crippen molar-refractivity contribution in [3.63, 3.8) is 0 Å². The molecular weight excluding hydrogens is 294 g/mol. The fourth-order valence-electron chi connectivity index (χ4n) is 2.47. The molecule has 1 aromatic rings. The smallest absolute Gasteiger partial charge is 0.252 e. The van der Waals surface area contributed by atoms with E-state index in [-0.39, 0.29) is 5.91 Å². The maximum absolute atomic E-state index is 12.1. The summed E-state index contributed by atoms with van der Waals surface area (Å²) in [4.78, 5) is 16.0. The summed E-state index contributed by atoms with van der Waals surface area (Å²) in [7, 11) is 0. The molecule has 4 nitrogen and oxygen atoms in total. The number of amides is 1. The monoisotopic (exact) mass is 311 g/mol. The van der Waals surface area contributed by atoms with Crippen LogP contribution in [0, 0.1) is 11.8 Å². The maximum atomic E-state index is 12.1. The van der Waals surface area contributed by atoms with E-state index in [4.69, 9.17) is 5.73 Å². The predicted molar refractivity (Wildman–Crippen MR) is 75.2 cm³/mol. The van der Waals surface area contributed by atoms with Crippen LogP contribution in [0.15, 0.2) is 16.7 Å². The first-order chi connectivity index (χ1) is 8.58. The second-order valence-electron chi connectivity index (χ2n) is 4.97. The number of pyridine rings is 1. The Kier molecular flexibility index (Phi) is 4.22. The summed E-state index contributed by atoms with van der Waals surface area (Å²) in [6.07, 6.45) is 5.31. The van der Waals surface area contributed by atoms with Crippen molar-refractivity contribution in [1.29, 1.82) is 0 Å². The highest BCUT2D eigenvalue weighted by molar-refractivity contribution is 9.10. The summed E-state index contributed by atoms with van der Waals surface area (Å²) < 4.78 is 0.675. The van der Waals surface area contributed by atoms with Crippen molar-refractivity contribution in [3.8, 4) is 0 Å². The fourth-order valence-corrected chi connectivity index (χ4v) is 2.87. The molecule has 0 spiro atoms. The van der Waals surface area contributed by atoms with E-state index in [1.165, 1.54) is 19.3 Å². The Morgan fingerprint density at radius 1 is 1.61 bits per heavy atom. The molecule has 0 aromatic carbocycles. The van der Waals surface area contributed by atoms with Crippen molar-refractivity contribution in [3.05, 3.63) is 22.3 Å². The van der Waals surface area contributed by atoms with Crippen LogP contribution in [-0.4, -0.2) is 17.4 Å². The molecule has 3 N–H and O–H groups in total. The van der Waals surface area contributed by atoms with Gasteiger partial charge in [0.1, 0.15) is 5.82 Å². The Hall–Kier alpha value is -1.10. The van der Waals surface area contributed by atoms with E-state index in [1.54, 1.807) is 12.3 Å². The summed E-state index contributed by atoms with van der Waals surface area (Å²) in [5.41, 5.74) is 6.14. The zero-order valence-corrected chi connectivity index (χ0v) is 12.0. The summed E-state index contributed by atoms with van der Waals surface area (Å²) in [6, 6.07) is 1.59. The second-order valence-corrected chi connectivity index (χ2v) is 5.82. The van der Waals surface area contributed by atoms with Crippen LogP contribution in [0.2, 0.25) is 0 Å². The standard InChI is InChI=1S/C13H18BrN3O/c1-8-3-2-4-9(8)6-17-13(18)10-5-12(15)16-7-11(10)14/h5,7-9H,2-4,6H2,1H3,(H2,15,16)(H,17,18). The lowest BCUT2D eigenvalue weighted by atomic mass is 9.98. The van der Waals surface area contributed by atoms with Gasteiger partial charge in [0.25, 0.3) is 5.91 Å². The molecule has 1 aliphatic rings. The minimum atomic E-state index is -0.0879. The molecule has 2 rings (SSSR count). The Bertz CT molecular complexity index is 450. The number of aromatic nitrogens is 1. The van der Waals surface area contributed by atoms with E-state index in [1.807, 2.05) is 0 Å². The van der Waals surface area contributed by atoms with E-state index in [9.17, 15) is 4.79 Å². The van der Waals surface area contributed by atoms with Crippen LogP contribution in [-0.2, 0) is 0 Å². The van der Waals surface area contributed by atoms with Gasteiger partial charge in [0.15, 0.2) is 0 Å². The van der Waals surface area contributed by atoms with Crippen LogP contribution in [0.25, 0.3) is 0 Å². The topological polar surface area (TPSA) is 68.0 Å². The number of nitrogen functional groups attached to an aromatic ring is 1. The molecule has 1 aliphatic carbocycles. The minimum absolute atomic E-state index is 0.0879. The second kappa shape index (κ2) is 5.69. The molecule has 1 heterocycles. The first-order valence-corrected chi connectivity index (χ1v) is 7.06. The first kappa shape index (κ1) is 13.3. The van der Waals surface area contributed by atoms with Crippen molar-refractivity contribution in [2.24, 2.45) is 11.8 Å². The maximum Gasteiger partial charge on any atom is 0.252 e. The van der Waals surface area contributed by atoms with Crippen LogP contribution < -0.4 is 11.1 Å². The van der Waals surface area contributed by atoms with Gasteiger partial charge >= 0.3 is 0 Å². The Labute approximate surface area is 115 Å². The number of carbonyl (C=O) groups excluding carboxylic acids is 1. The molecule has 0 aliphatic heterocycles. The summed E-state index contributed by atoms with van der Waals surface area (Å²) >= 11 is 3.32. The highest BCUT2D eigenvalue weighted by Crippen LogP contribution is 2.30. The number of hydrogen-bond acceptors (Lipinski definition) is 3. The van der Waals surface area contributed by atoms with E-state index < -0.39 is 0 Å².